The smallest absolute Gasteiger partial charge is 0.150 e. The van der Waals surface area contributed by atoms with Gasteiger partial charge in [-0.25, -0.2) is 13.2 Å². The van der Waals surface area contributed by atoms with Gasteiger partial charge in [0.15, 0.2) is 0 Å². The van der Waals surface area contributed by atoms with Crippen LogP contribution in [0.5, 0.6) is 0 Å². The van der Waals surface area contributed by atoms with Gasteiger partial charge in [-0.05, 0) is 66.2 Å². The number of hydrogen-bond acceptors (Lipinski definition) is 2. The van der Waals surface area contributed by atoms with Crippen molar-refractivity contribution in [3.8, 4) is 23.0 Å². The molecule has 0 fully saturated rings. The summed E-state index contributed by atoms with van der Waals surface area (Å²) in [5.74, 6) is 3.25. The third-order valence-corrected chi connectivity index (χ3v) is 4.25. The molecular weight excluding hydrogens is 379 g/mol. The van der Waals surface area contributed by atoms with Gasteiger partial charge in [0, 0.05) is 11.1 Å². The normalized spacial score (nSPS) is 10.0. The lowest BCUT2D eigenvalue weighted by molar-refractivity contribution is 0.588. The molecule has 3 rings (SSSR count). The van der Waals surface area contributed by atoms with Crippen LogP contribution in [0.15, 0.2) is 59.6 Å². The molecule has 28 heavy (non-hydrogen) atoms. The van der Waals surface area contributed by atoms with Crippen LogP contribution in [-0.4, -0.2) is 5.16 Å². The van der Waals surface area contributed by atoms with Crippen molar-refractivity contribution in [2.45, 2.75) is 13.3 Å². The zero-order valence-corrected chi connectivity index (χ0v) is 15.7. The molecule has 0 saturated heterocycles. The van der Waals surface area contributed by atoms with Gasteiger partial charge < -0.3 is 0 Å². The van der Waals surface area contributed by atoms with E-state index in [0.29, 0.717) is 0 Å². The third kappa shape index (κ3) is 4.37. The summed E-state index contributed by atoms with van der Waals surface area (Å²) >= 11 is 4.43. The average Bonchev–Trinajstić information content (AvgIpc) is 2.68. The molecule has 0 atom stereocenters. The van der Waals surface area contributed by atoms with Crippen molar-refractivity contribution in [2.24, 2.45) is 4.99 Å². The van der Waals surface area contributed by atoms with E-state index in [9.17, 15) is 13.2 Å². The van der Waals surface area contributed by atoms with E-state index < -0.39 is 17.5 Å². The van der Waals surface area contributed by atoms with Crippen LogP contribution in [0.2, 0.25) is 0 Å². The first-order chi connectivity index (χ1) is 13.5. The number of nitrogens with zero attached hydrogens (tertiary/aromatic N) is 1. The molecule has 0 aliphatic rings. The number of isothiocyanates is 1. The lowest BCUT2D eigenvalue weighted by Gasteiger charge is -2.07. The fourth-order valence-electron chi connectivity index (χ4n) is 2.69. The van der Waals surface area contributed by atoms with Crippen LogP contribution >= 0.6 is 12.2 Å². The van der Waals surface area contributed by atoms with E-state index in [1.807, 2.05) is 24.3 Å². The summed E-state index contributed by atoms with van der Waals surface area (Å²) < 4.78 is 43.0. The summed E-state index contributed by atoms with van der Waals surface area (Å²) in [6, 6.07) is 13.6. The highest BCUT2D eigenvalue weighted by molar-refractivity contribution is 7.78. The van der Waals surface area contributed by atoms with E-state index in [4.69, 9.17) is 0 Å². The molecular formula is C23H14F3NS. The van der Waals surface area contributed by atoms with Crippen molar-refractivity contribution in [3.63, 3.8) is 0 Å². The minimum Gasteiger partial charge on any atom is -0.206 e. The fourth-order valence-corrected chi connectivity index (χ4v) is 2.79. The number of thiocarbonyl (C=S) groups is 1. The highest BCUT2D eigenvalue weighted by Gasteiger charge is 2.14. The molecule has 0 bridgehead atoms. The molecule has 0 unspecified atom stereocenters. The minimum absolute atomic E-state index is 0.0452. The summed E-state index contributed by atoms with van der Waals surface area (Å²) in [5, 5.41) is 2.05. The molecule has 3 aromatic rings. The highest BCUT2D eigenvalue weighted by Crippen LogP contribution is 2.30. The van der Waals surface area contributed by atoms with Crippen molar-refractivity contribution in [1.82, 2.24) is 0 Å². The summed E-state index contributed by atoms with van der Waals surface area (Å²) in [4.78, 5) is 3.55. The number of hydrogen-bond donors (Lipinski definition) is 0. The Balaban J connectivity index is 1.94. The van der Waals surface area contributed by atoms with E-state index >= 15 is 0 Å². The minimum atomic E-state index is -0.823. The monoisotopic (exact) mass is 393 g/mol. The summed E-state index contributed by atoms with van der Waals surface area (Å²) in [6.07, 6.45) is 0.922. The van der Waals surface area contributed by atoms with Gasteiger partial charge in [-0.2, -0.15) is 4.99 Å². The maximum Gasteiger partial charge on any atom is 0.150 e. The van der Waals surface area contributed by atoms with Crippen molar-refractivity contribution in [3.05, 3.63) is 88.7 Å². The molecule has 138 valence electrons. The molecule has 0 amide bonds. The first-order valence-corrected chi connectivity index (χ1v) is 8.90. The Morgan fingerprint density at radius 2 is 1.46 bits per heavy atom. The number of halogens is 3. The molecule has 1 nitrogen and oxygen atoms in total. The van der Waals surface area contributed by atoms with Gasteiger partial charge in [-0.15, -0.1) is 0 Å². The molecule has 0 aliphatic heterocycles. The fraction of sp³-hybridized carbons (Fsp3) is 0.0870. The Kier molecular flexibility index (Phi) is 6.06. The van der Waals surface area contributed by atoms with Gasteiger partial charge in [0.2, 0.25) is 0 Å². The zero-order valence-electron chi connectivity index (χ0n) is 14.9. The van der Waals surface area contributed by atoms with Crippen LogP contribution < -0.4 is 0 Å². The molecule has 0 spiro atoms. The van der Waals surface area contributed by atoms with Crippen LogP contribution in [0.1, 0.15) is 23.6 Å². The van der Waals surface area contributed by atoms with Crippen LogP contribution in [0.4, 0.5) is 18.9 Å². The van der Waals surface area contributed by atoms with Crippen LogP contribution in [0.25, 0.3) is 11.1 Å². The van der Waals surface area contributed by atoms with Gasteiger partial charge in [0.05, 0.1) is 10.7 Å². The largest absolute Gasteiger partial charge is 0.206 e. The van der Waals surface area contributed by atoms with Gasteiger partial charge in [0.25, 0.3) is 0 Å². The van der Waals surface area contributed by atoms with Crippen LogP contribution in [-0.2, 0) is 6.42 Å². The Bertz CT molecular complexity index is 1110. The second kappa shape index (κ2) is 8.67. The van der Waals surface area contributed by atoms with E-state index in [-0.39, 0.29) is 22.4 Å². The van der Waals surface area contributed by atoms with E-state index in [2.05, 4.69) is 41.1 Å². The van der Waals surface area contributed by atoms with E-state index in [0.717, 1.165) is 30.2 Å². The Morgan fingerprint density at radius 3 is 2.04 bits per heavy atom. The van der Waals surface area contributed by atoms with Crippen LogP contribution in [0.3, 0.4) is 0 Å². The Hall–Kier alpha value is -3.19. The SMILES string of the molecule is CCc1ccc(C#Cc2cc(F)c(-c3ccc(N=C=S)c(F)c3)c(F)c2)cc1. The van der Waals surface area contributed by atoms with Crippen molar-refractivity contribution >= 4 is 23.1 Å². The molecule has 3 aromatic carbocycles. The number of rotatable bonds is 3. The molecule has 0 heterocycles. The van der Waals surface area contributed by atoms with Gasteiger partial charge in [-0.3, -0.25) is 0 Å². The maximum absolute atomic E-state index is 14.5. The van der Waals surface area contributed by atoms with E-state index in [1.54, 1.807) is 0 Å². The van der Waals surface area contributed by atoms with Gasteiger partial charge >= 0.3 is 0 Å². The number of aryl methyl sites for hydroxylation is 1. The topological polar surface area (TPSA) is 12.4 Å². The number of benzene rings is 3. The van der Waals surface area contributed by atoms with Crippen molar-refractivity contribution < 1.29 is 13.2 Å². The second-order valence-corrected chi connectivity index (χ2v) is 6.17. The van der Waals surface area contributed by atoms with Crippen molar-refractivity contribution in [2.75, 3.05) is 0 Å². The van der Waals surface area contributed by atoms with Crippen molar-refractivity contribution in [1.29, 1.82) is 0 Å². The molecule has 0 aromatic heterocycles. The second-order valence-electron chi connectivity index (χ2n) is 5.98. The molecule has 5 heteroatoms. The first-order valence-electron chi connectivity index (χ1n) is 8.49. The lowest BCUT2D eigenvalue weighted by Crippen LogP contribution is -1.93. The molecule has 0 saturated carbocycles. The Labute approximate surface area is 166 Å². The summed E-state index contributed by atoms with van der Waals surface area (Å²) in [7, 11) is 0. The lowest BCUT2D eigenvalue weighted by atomic mass is 10.0. The zero-order chi connectivity index (χ0) is 20.1. The molecule has 0 radical (unpaired) electrons. The predicted octanol–water partition coefficient (Wildman–Crippen LogP) is 6.47. The predicted molar refractivity (Wildman–Crippen MR) is 108 cm³/mol. The van der Waals surface area contributed by atoms with Gasteiger partial charge in [0.1, 0.15) is 23.1 Å². The maximum atomic E-state index is 14.5. The summed E-state index contributed by atoms with van der Waals surface area (Å²) in [6.45, 7) is 2.05. The van der Waals surface area contributed by atoms with Crippen LogP contribution in [0, 0.1) is 29.3 Å². The molecule has 0 N–H and O–H groups in total. The molecule has 0 aliphatic carbocycles. The standard InChI is InChI=1S/C23H14F3NS/c1-2-15-3-5-16(6-4-15)7-8-17-11-20(25)23(21(26)12-17)18-9-10-22(27-14-28)19(24)13-18/h3-6,9-13H,2H2,1H3. The number of aliphatic imine (C=N–C) groups is 1. The third-order valence-electron chi connectivity index (χ3n) is 4.16. The Morgan fingerprint density at radius 1 is 0.821 bits per heavy atom. The van der Waals surface area contributed by atoms with E-state index in [1.165, 1.54) is 17.7 Å². The summed E-state index contributed by atoms with van der Waals surface area (Å²) in [5.41, 5.74) is 1.82. The quantitative estimate of drug-likeness (QED) is 0.282. The highest BCUT2D eigenvalue weighted by atomic mass is 32.1. The first kappa shape index (κ1) is 19.6. The van der Waals surface area contributed by atoms with Gasteiger partial charge in [-0.1, -0.05) is 37.0 Å². The average molecular weight is 393 g/mol.